The van der Waals surface area contributed by atoms with Crippen molar-refractivity contribution >= 4 is 11.1 Å². The average Bonchev–Trinajstić information content (AvgIpc) is 1.63. The highest BCUT2D eigenvalue weighted by Crippen LogP contribution is 2.07. The molecule has 1 N–H and O–H groups in total. The van der Waals surface area contributed by atoms with Crippen molar-refractivity contribution < 1.29 is 13.5 Å². The SMILES string of the molecule is COC(C)(C)CS(=O)O. The lowest BCUT2D eigenvalue weighted by Gasteiger charge is -2.19. The number of rotatable bonds is 3. The van der Waals surface area contributed by atoms with Crippen molar-refractivity contribution in [3.05, 3.63) is 0 Å². The topological polar surface area (TPSA) is 46.5 Å². The summed E-state index contributed by atoms with van der Waals surface area (Å²) in [6, 6.07) is 0. The van der Waals surface area contributed by atoms with Crippen LogP contribution >= 0.6 is 0 Å². The summed E-state index contributed by atoms with van der Waals surface area (Å²) in [5.41, 5.74) is -0.486. The zero-order valence-corrected chi connectivity index (χ0v) is 6.70. The molecule has 0 fully saturated rings. The van der Waals surface area contributed by atoms with Gasteiger partial charge in [-0.05, 0) is 13.8 Å². The van der Waals surface area contributed by atoms with Gasteiger partial charge in [0.15, 0.2) is 11.1 Å². The summed E-state index contributed by atoms with van der Waals surface area (Å²) in [5.74, 6) is 0.156. The number of hydrogen-bond acceptors (Lipinski definition) is 2. The molecule has 0 rings (SSSR count). The standard InChI is InChI=1S/C5H12O3S/c1-5(2,8-3)4-9(6)7/h4H2,1-3H3,(H,6,7). The fourth-order valence-electron chi connectivity index (χ4n) is 0.356. The maximum absolute atomic E-state index is 10.2. The van der Waals surface area contributed by atoms with Gasteiger partial charge in [-0.25, -0.2) is 4.21 Å². The van der Waals surface area contributed by atoms with Crippen molar-refractivity contribution in [2.75, 3.05) is 12.9 Å². The highest BCUT2D eigenvalue weighted by Gasteiger charge is 2.18. The first kappa shape index (κ1) is 9.07. The molecular formula is C5H12O3S. The summed E-state index contributed by atoms with van der Waals surface area (Å²) in [6.45, 7) is 3.53. The van der Waals surface area contributed by atoms with Gasteiger partial charge in [0.05, 0.1) is 11.4 Å². The molecule has 0 saturated carbocycles. The third-order valence-corrected chi connectivity index (χ3v) is 1.97. The fourth-order valence-corrected chi connectivity index (χ4v) is 1.07. The molecule has 56 valence electrons. The Morgan fingerprint density at radius 3 is 2.22 bits per heavy atom. The van der Waals surface area contributed by atoms with Crippen LogP contribution in [0.1, 0.15) is 13.8 Å². The molecule has 0 bridgehead atoms. The van der Waals surface area contributed by atoms with Gasteiger partial charge in [-0.2, -0.15) is 0 Å². The molecule has 0 aromatic rings. The summed E-state index contributed by atoms with van der Waals surface area (Å²) in [5, 5.41) is 0. The first-order valence-corrected chi connectivity index (χ1v) is 3.88. The maximum atomic E-state index is 10.2. The van der Waals surface area contributed by atoms with Crippen molar-refractivity contribution in [2.24, 2.45) is 0 Å². The van der Waals surface area contributed by atoms with Crippen LogP contribution < -0.4 is 0 Å². The third kappa shape index (κ3) is 4.57. The lowest BCUT2D eigenvalue weighted by Crippen LogP contribution is -2.29. The van der Waals surface area contributed by atoms with E-state index in [4.69, 9.17) is 9.29 Å². The Kier molecular flexibility index (Phi) is 3.32. The normalized spacial score (nSPS) is 15.6. The Morgan fingerprint density at radius 2 is 2.11 bits per heavy atom. The van der Waals surface area contributed by atoms with Crippen molar-refractivity contribution in [1.29, 1.82) is 0 Å². The van der Waals surface area contributed by atoms with Gasteiger partial charge in [0.1, 0.15) is 0 Å². The van der Waals surface area contributed by atoms with E-state index in [-0.39, 0.29) is 5.75 Å². The second-order valence-corrected chi connectivity index (χ2v) is 3.36. The molecule has 4 heteroatoms. The maximum Gasteiger partial charge on any atom is 0.155 e. The van der Waals surface area contributed by atoms with Crippen LogP contribution in [0.4, 0.5) is 0 Å². The number of ether oxygens (including phenoxy) is 1. The van der Waals surface area contributed by atoms with Crippen LogP contribution in [0.25, 0.3) is 0 Å². The lowest BCUT2D eigenvalue weighted by molar-refractivity contribution is 0.0424. The first-order valence-electron chi connectivity index (χ1n) is 2.60. The molecule has 0 heterocycles. The van der Waals surface area contributed by atoms with Crippen molar-refractivity contribution in [3.8, 4) is 0 Å². The van der Waals surface area contributed by atoms with Gasteiger partial charge in [-0.1, -0.05) is 0 Å². The zero-order chi connectivity index (χ0) is 7.49. The molecule has 0 aromatic heterocycles. The Morgan fingerprint density at radius 1 is 1.67 bits per heavy atom. The van der Waals surface area contributed by atoms with E-state index < -0.39 is 16.7 Å². The largest absolute Gasteiger partial charge is 0.378 e. The second kappa shape index (κ2) is 3.29. The molecule has 0 spiro atoms. The van der Waals surface area contributed by atoms with Gasteiger partial charge in [-0.3, -0.25) is 0 Å². The van der Waals surface area contributed by atoms with Gasteiger partial charge < -0.3 is 9.29 Å². The van der Waals surface area contributed by atoms with Gasteiger partial charge >= 0.3 is 0 Å². The molecule has 1 atom stereocenters. The van der Waals surface area contributed by atoms with Gasteiger partial charge in [0.25, 0.3) is 0 Å². The van der Waals surface area contributed by atoms with Crippen LogP contribution in [0, 0.1) is 0 Å². The zero-order valence-electron chi connectivity index (χ0n) is 5.88. The average molecular weight is 152 g/mol. The molecule has 3 nitrogen and oxygen atoms in total. The Bertz CT molecular complexity index is 111. The van der Waals surface area contributed by atoms with Crippen LogP contribution in [0.5, 0.6) is 0 Å². The smallest absolute Gasteiger partial charge is 0.155 e. The van der Waals surface area contributed by atoms with E-state index in [0.29, 0.717) is 0 Å². The van der Waals surface area contributed by atoms with E-state index in [1.54, 1.807) is 13.8 Å². The number of hydrogen-bond donors (Lipinski definition) is 1. The molecule has 1 unspecified atom stereocenters. The molecule has 0 aliphatic rings. The lowest BCUT2D eigenvalue weighted by atomic mass is 10.2. The molecule has 0 amide bonds. The van der Waals surface area contributed by atoms with Gasteiger partial charge in [-0.15, -0.1) is 0 Å². The molecule has 0 aliphatic heterocycles. The van der Waals surface area contributed by atoms with E-state index in [2.05, 4.69) is 0 Å². The van der Waals surface area contributed by atoms with Crippen LogP contribution in [-0.2, 0) is 15.8 Å². The minimum atomic E-state index is -1.76. The molecule has 0 aliphatic carbocycles. The number of methoxy groups -OCH3 is 1. The monoisotopic (exact) mass is 152 g/mol. The van der Waals surface area contributed by atoms with Crippen LogP contribution in [0.15, 0.2) is 0 Å². The quantitative estimate of drug-likeness (QED) is 0.603. The molecule has 0 saturated heterocycles. The van der Waals surface area contributed by atoms with Crippen molar-refractivity contribution in [2.45, 2.75) is 19.4 Å². The third-order valence-electron chi connectivity index (χ3n) is 1.02. The minimum absolute atomic E-state index is 0.156. The van der Waals surface area contributed by atoms with Crippen LogP contribution in [0.3, 0.4) is 0 Å². The minimum Gasteiger partial charge on any atom is -0.378 e. The van der Waals surface area contributed by atoms with Gasteiger partial charge in [0, 0.05) is 7.11 Å². The van der Waals surface area contributed by atoms with Crippen LogP contribution in [-0.4, -0.2) is 27.2 Å². The summed E-state index contributed by atoms with van der Waals surface area (Å²) < 4.78 is 23.5. The predicted molar refractivity (Wildman–Crippen MR) is 36.7 cm³/mol. The predicted octanol–water partition coefficient (Wildman–Crippen LogP) is 0.633. The highest BCUT2D eigenvalue weighted by atomic mass is 32.2. The van der Waals surface area contributed by atoms with E-state index in [9.17, 15) is 4.21 Å². The van der Waals surface area contributed by atoms with E-state index in [1.807, 2.05) is 0 Å². The molecular weight excluding hydrogens is 140 g/mol. The summed E-state index contributed by atoms with van der Waals surface area (Å²) >= 11 is -1.76. The van der Waals surface area contributed by atoms with Gasteiger partial charge in [0.2, 0.25) is 0 Å². The fraction of sp³-hybridized carbons (Fsp3) is 1.00. The molecule has 0 radical (unpaired) electrons. The summed E-state index contributed by atoms with van der Waals surface area (Å²) in [4.78, 5) is 0. The summed E-state index contributed by atoms with van der Waals surface area (Å²) in [6.07, 6.45) is 0. The molecule has 9 heavy (non-hydrogen) atoms. The Hall–Kier alpha value is 0.0700. The Labute approximate surface area is 57.7 Å². The summed E-state index contributed by atoms with van der Waals surface area (Å²) in [7, 11) is 1.52. The van der Waals surface area contributed by atoms with E-state index in [0.717, 1.165) is 0 Å². The van der Waals surface area contributed by atoms with Crippen LogP contribution in [0.2, 0.25) is 0 Å². The van der Waals surface area contributed by atoms with Crippen molar-refractivity contribution in [1.82, 2.24) is 0 Å². The molecule has 0 aromatic carbocycles. The first-order chi connectivity index (χ1) is 3.98. The van der Waals surface area contributed by atoms with E-state index >= 15 is 0 Å². The van der Waals surface area contributed by atoms with E-state index in [1.165, 1.54) is 7.11 Å². The second-order valence-electron chi connectivity index (χ2n) is 2.43. The van der Waals surface area contributed by atoms with Crippen molar-refractivity contribution in [3.63, 3.8) is 0 Å². The highest BCUT2D eigenvalue weighted by molar-refractivity contribution is 7.79. The Balaban J connectivity index is 3.71.